The summed E-state index contributed by atoms with van der Waals surface area (Å²) in [5, 5.41) is 3.59. The molecular weight excluding hydrogens is 198 g/mol. The Kier molecular flexibility index (Phi) is 4.81. The Labute approximate surface area is 101 Å². The quantitative estimate of drug-likeness (QED) is 0.777. The third kappa shape index (κ3) is 2.98. The van der Waals surface area contributed by atoms with Crippen LogP contribution in [0.4, 0.5) is 0 Å². The Bertz CT molecular complexity index is 203. The fraction of sp³-hybridized carbons (Fsp3) is 1.00. The number of ether oxygens (including phenoxy) is 1. The molecule has 1 atom stereocenters. The molecule has 0 saturated carbocycles. The van der Waals surface area contributed by atoms with Gasteiger partial charge in [0.1, 0.15) is 0 Å². The molecule has 2 heteroatoms. The van der Waals surface area contributed by atoms with Gasteiger partial charge in [0.25, 0.3) is 0 Å². The second-order valence-electron chi connectivity index (χ2n) is 5.86. The van der Waals surface area contributed by atoms with Crippen LogP contribution in [0.2, 0.25) is 0 Å². The molecule has 1 rings (SSSR count). The van der Waals surface area contributed by atoms with Gasteiger partial charge in [-0.05, 0) is 25.7 Å². The molecule has 16 heavy (non-hydrogen) atoms. The molecule has 0 aromatic rings. The Balaban J connectivity index is 2.78. The minimum absolute atomic E-state index is 0.00257. The lowest BCUT2D eigenvalue weighted by atomic mass is 9.84. The monoisotopic (exact) mass is 227 g/mol. The molecule has 0 aliphatic carbocycles. The molecular formula is C14H29NO. The number of rotatable bonds is 5. The van der Waals surface area contributed by atoms with E-state index < -0.39 is 0 Å². The van der Waals surface area contributed by atoms with E-state index in [2.05, 4.69) is 39.9 Å². The highest BCUT2D eigenvalue weighted by molar-refractivity contribution is 4.95. The smallest absolute Gasteiger partial charge is 0.0814 e. The van der Waals surface area contributed by atoms with Crippen molar-refractivity contribution in [2.75, 3.05) is 13.1 Å². The molecule has 1 heterocycles. The first-order chi connectivity index (χ1) is 7.48. The minimum Gasteiger partial charge on any atom is -0.366 e. The first kappa shape index (κ1) is 14.0. The van der Waals surface area contributed by atoms with Crippen LogP contribution in [0.1, 0.15) is 60.3 Å². The Morgan fingerprint density at radius 1 is 1.12 bits per heavy atom. The molecule has 1 saturated heterocycles. The van der Waals surface area contributed by atoms with Crippen LogP contribution in [-0.2, 0) is 4.74 Å². The van der Waals surface area contributed by atoms with Gasteiger partial charge in [-0.25, -0.2) is 0 Å². The number of hydrogen-bond acceptors (Lipinski definition) is 2. The molecule has 0 amide bonds. The highest BCUT2D eigenvalue weighted by atomic mass is 16.5. The van der Waals surface area contributed by atoms with Crippen LogP contribution < -0.4 is 5.32 Å². The number of hydrogen-bond donors (Lipinski definition) is 1. The summed E-state index contributed by atoms with van der Waals surface area (Å²) in [6.45, 7) is 13.3. The Morgan fingerprint density at radius 3 is 2.12 bits per heavy atom. The van der Waals surface area contributed by atoms with Crippen LogP contribution in [0.15, 0.2) is 0 Å². The lowest BCUT2D eigenvalue weighted by Crippen LogP contribution is -2.61. The van der Waals surface area contributed by atoms with E-state index in [0.29, 0.717) is 5.92 Å². The van der Waals surface area contributed by atoms with E-state index in [0.717, 1.165) is 13.1 Å². The zero-order valence-electron chi connectivity index (χ0n) is 11.7. The molecule has 0 spiro atoms. The van der Waals surface area contributed by atoms with Gasteiger partial charge in [-0.15, -0.1) is 0 Å². The van der Waals surface area contributed by atoms with Crippen molar-refractivity contribution in [3.05, 3.63) is 0 Å². The summed E-state index contributed by atoms with van der Waals surface area (Å²) >= 11 is 0. The van der Waals surface area contributed by atoms with Crippen molar-refractivity contribution < 1.29 is 4.74 Å². The van der Waals surface area contributed by atoms with Crippen LogP contribution in [0.25, 0.3) is 0 Å². The van der Waals surface area contributed by atoms with Crippen molar-refractivity contribution in [1.29, 1.82) is 0 Å². The van der Waals surface area contributed by atoms with Crippen molar-refractivity contribution in [3.8, 4) is 0 Å². The van der Waals surface area contributed by atoms with Gasteiger partial charge in [0.2, 0.25) is 0 Å². The van der Waals surface area contributed by atoms with E-state index in [-0.39, 0.29) is 11.2 Å². The normalized spacial score (nSPS) is 29.6. The Morgan fingerprint density at radius 2 is 1.69 bits per heavy atom. The lowest BCUT2D eigenvalue weighted by molar-refractivity contribution is -0.195. The van der Waals surface area contributed by atoms with Gasteiger partial charge < -0.3 is 10.1 Å². The van der Waals surface area contributed by atoms with Crippen molar-refractivity contribution >= 4 is 0 Å². The molecule has 0 radical (unpaired) electrons. The molecule has 1 aliphatic rings. The molecule has 96 valence electrons. The summed E-state index contributed by atoms with van der Waals surface area (Å²) in [7, 11) is 0. The van der Waals surface area contributed by atoms with Crippen molar-refractivity contribution in [2.45, 2.75) is 71.5 Å². The average Bonchev–Trinajstić information content (AvgIpc) is 2.18. The van der Waals surface area contributed by atoms with E-state index in [1.54, 1.807) is 0 Å². The van der Waals surface area contributed by atoms with Crippen LogP contribution in [0.5, 0.6) is 0 Å². The number of morpholine rings is 1. The van der Waals surface area contributed by atoms with Gasteiger partial charge in [-0.1, -0.05) is 40.5 Å². The summed E-state index contributed by atoms with van der Waals surface area (Å²) in [5.74, 6) is 0.563. The van der Waals surface area contributed by atoms with E-state index in [1.165, 1.54) is 25.7 Å². The standard InChI is InChI=1S/C14H29NO/c1-6-8-14(9-7-2)11-15-10-13(5,16-14)12(3)4/h12,15H,6-11H2,1-5H3. The van der Waals surface area contributed by atoms with Gasteiger partial charge in [0.05, 0.1) is 11.2 Å². The number of nitrogens with one attached hydrogen (secondary N) is 1. The minimum atomic E-state index is 0.00257. The molecule has 2 nitrogen and oxygen atoms in total. The van der Waals surface area contributed by atoms with Crippen LogP contribution in [-0.4, -0.2) is 24.3 Å². The van der Waals surface area contributed by atoms with Gasteiger partial charge in [0.15, 0.2) is 0 Å². The summed E-state index contributed by atoms with van der Waals surface area (Å²) in [4.78, 5) is 0. The fourth-order valence-corrected chi connectivity index (χ4v) is 2.74. The van der Waals surface area contributed by atoms with Crippen molar-refractivity contribution in [1.82, 2.24) is 5.32 Å². The molecule has 1 fully saturated rings. The first-order valence-corrected chi connectivity index (χ1v) is 6.89. The third-order valence-electron chi connectivity index (χ3n) is 4.01. The lowest BCUT2D eigenvalue weighted by Gasteiger charge is -2.49. The van der Waals surface area contributed by atoms with Crippen LogP contribution in [0.3, 0.4) is 0 Å². The maximum absolute atomic E-state index is 6.54. The highest BCUT2D eigenvalue weighted by Gasteiger charge is 2.43. The van der Waals surface area contributed by atoms with E-state index in [4.69, 9.17) is 4.74 Å². The summed E-state index contributed by atoms with van der Waals surface area (Å²) in [6.07, 6.45) is 4.76. The second kappa shape index (κ2) is 5.50. The fourth-order valence-electron chi connectivity index (χ4n) is 2.74. The van der Waals surface area contributed by atoms with Crippen molar-refractivity contribution in [3.63, 3.8) is 0 Å². The maximum Gasteiger partial charge on any atom is 0.0814 e. The SMILES string of the molecule is CCCC1(CCC)CNCC(C)(C(C)C)O1. The third-order valence-corrected chi connectivity index (χ3v) is 4.01. The van der Waals surface area contributed by atoms with Gasteiger partial charge in [-0.3, -0.25) is 0 Å². The first-order valence-electron chi connectivity index (χ1n) is 6.89. The molecule has 1 aliphatic heterocycles. The summed E-state index contributed by atoms with van der Waals surface area (Å²) in [6, 6.07) is 0. The zero-order chi connectivity index (χ0) is 12.2. The summed E-state index contributed by atoms with van der Waals surface area (Å²) in [5.41, 5.74) is 0.0867. The van der Waals surface area contributed by atoms with Crippen LogP contribution in [0, 0.1) is 5.92 Å². The highest BCUT2D eigenvalue weighted by Crippen LogP contribution is 2.35. The van der Waals surface area contributed by atoms with Gasteiger partial charge in [0, 0.05) is 13.1 Å². The van der Waals surface area contributed by atoms with E-state index in [1.807, 2.05) is 0 Å². The van der Waals surface area contributed by atoms with E-state index in [9.17, 15) is 0 Å². The van der Waals surface area contributed by atoms with Gasteiger partial charge >= 0.3 is 0 Å². The summed E-state index contributed by atoms with van der Waals surface area (Å²) < 4.78 is 6.54. The zero-order valence-corrected chi connectivity index (χ0v) is 11.7. The predicted molar refractivity (Wildman–Crippen MR) is 69.7 cm³/mol. The second-order valence-corrected chi connectivity index (χ2v) is 5.86. The predicted octanol–water partition coefficient (Wildman–Crippen LogP) is 3.36. The molecule has 0 bridgehead atoms. The molecule has 1 unspecified atom stereocenters. The average molecular weight is 227 g/mol. The maximum atomic E-state index is 6.54. The topological polar surface area (TPSA) is 21.3 Å². The molecule has 0 aromatic heterocycles. The van der Waals surface area contributed by atoms with E-state index >= 15 is 0 Å². The molecule has 1 N–H and O–H groups in total. The Hall–Kier alpha value is -0.0800. The van der Waals surface area contributed by atoms with Gasteiger partial charge in [-0.2, -0.15) is 0 Å². The molecule has 0 aromatic carbocycles. The largest absolute Gasteiger partial charge is 0.366 e. The van der Waals surface area contributed by atoms with Crippen LogP contribution >= 0.6 is 0 Å². The van der Waals surface area contributed by atoms with Crippen molar-refractivity contribution in [2.24, 2.45) is 5.92 Å².